The van der Waals surface area contributed by atoms with Gasteiger partial charge in [0.2, 0.25) is 0 Å². The molecule has 0 radical (unpaired) electrons. The Morgan fingerprint density at radius 1 is 1.19 bits per heavy atom. The first-order chi connectivity index (χ1) is 13.0. The van der Waals surface area contributed by atoms with Crippen LogP contribution in [0.15, 0.2) is 59.7 Å². The molecule has 1 heterocycles. The summed E-state index contributed by atoms with van der Waals surface area (Å²) in [6.45, 7) is 1.79. The highest BCUT2D eigenvalue weighted by Crippen LogP contribution is 2.14. The van der Waals surface area contributed by atoms with E-state index in [9.17, 15) is 14.0 Å². The topological polar surface area (TPSA) is 96.4 Å². The van der Waals surface area contributed by atoms with Crippen molar-refractivity contribution in [2.75, 3.05) is 0 Å². The number of ether oxygens (including phenoxy) is 1. The summed E-state index contributed by atoms with van der Waals surface area (Å²) < 4.78 is 18.3. The van der Waals surface area contributed by atoms with Crippen LogP contribution in [0.2, 0.25) is 0 Å². The highest BCUT2D eigenvalue weighted by molar-refractivity contribution is 5.93. The Kier molecular flexibility index (Phi) is 5.36. The number of nitrogens with one attached hydrogen (secondary N) is 2. The first kappa shape index (κ1) is 18.0. The molecule has 27 heavy (non-hydrogen) atoms. The van der Waals surface area contributed by atoms with Gasteiger partial charge in [-0.2, -0.15) is 10.2 Å². The van der Waals surface area contributed by atoms with Gasteiger partial charge in [-0.1, -0.05) is 6.07 Å². The van der Waals surface area contributed by atoms with Gasteiger partial charge in [0.15, 0.2) is 5.69 Å². The zero-order valence-corrected chi connectivity index (χ0v) is 14.3. The van der Waals surface area contributed by atoms with Gasteiger partial charge in [-0.15, -0.1) is 0 Å². The van der Waals surface area contributed by atoms with Crippen molar-refractivity contribution in [3.05, 3.63) is 82.9 Å². The van der Waals surface area contributed by atoms with Crippen molar-refractivity contribution in [2.45, 2.75) is 6.92 Å². The average molecular weight is 366 g/mol. The number of hydrogen-bond donors (Lipinski definition) is 2. The van der Waals surface area contributed by atoms with Crippen LogP contribution in [0, 0.1) is 12.7 Å². The molecular weight excluding hydrogens is 351 g/mol. The fraction of sp³-hybridized carbons (Fsp3) is 0.0526. The van der Waals surface area contributed by atoms with Gasteiger partial charge in [0.05, 0.1) is 11.8 Å². The standard InChI is InChI=1S/C19H15FN4O3/c1-12-9-17(23-22-12)18(25)24-21-11-13-5-7-16(8-6-13)27-19(26)14-3-2-4-15(20)10-14/h2-11H,1H3,(H,22,23)(H,24,25)/b21-11+. The predicted octanol–water partition coefficient (Wildman–Crippen LogP) is 2.84. The summed E-state index contributed by atoms with van der Waals surface area (Å²) in [5.74, 6) is -1.30. The summed E-state index contributed by atoms with van der Waals surface area (Å²) >= 11 is 0. The number of benzene rings is 2. The minimum atomic E-state index is -0.655. The Morgan fingerprint density at radius 2 is 1.96 bits per heavy atom. The maximum absolute atomic E-state index is 13.1. The molecule has 3 rings (SSSR count). The van der Waals surface area contributed by atoms with Crippen LogP contribution in [0.3, 0.4) is 0 Å². The van der Waals surface area contributed by atoms with Crippen LogP contribution in [-0.2, 0) is 0 Å². The van der Waals surface area contributed by atoms with Gasteiger partial charge < -0.3 is 4.74 Å². The molecule has 0 unspecified atom stereocenters. The molecule has 0 bridgehead atoms. The number of halogens is 1. The Hall–Kier alpha value is -3.81. The largest absolute Gasteiger partial charge is 0.423 e. The molecule has 3 aromatic rings. The number of esters is 1. The SMILES string of the molecule is Cc1cc(C(=O)N/N=C/c2ccc(OC(=O)c3cccc(F)c3)cc2)n[nH]1. The van der Waals surface area contributed by atoms with Crippen LogP contribution >= 0.6 is 0 Å². The third kappa shape index (κ3) is 4.85. The number of amides is 1. The number of rotatable bonds is 5. The molecule has 8 heteroatoms. The van der Waals surface area contributed by atoms with Gasteiger partial charge >= 0.3 is 5.97 Å². The molecule has 2 aromatic carbocycles. The van der Waals surface area contributed by atoms with E-state index in [1.807, 2.05) is 0 Å². The van der Waals surface area contributed by atoms with E-state index in [1.54, 1.807) is 37.3 Å². The fourth-order valence-corrected chi connectivity index (χ4v) is 2.16. The molecule has 0 aliphatic rings. The van der Waals surface area contributed by atoms with Crippen molar-refractivity contribution in [1.29, 1.82) is 0 Å². The average Bonchev–Trinajstić information content (AvgIpc) is 3.09. The Balaban J connectivity index is 1.57. The molecule has 2 N–H and O–H groups in total. The summed E-state index contributed by atoms with van der Waals surface area (Å²) in [6.07, 6.45) is 1.44. The van der Waals surface area contributed by atoms with Crippen molar-refractivity contribution in [1.82, 2.24) is 15.6 Å². The highest BCUT2D eigenvalue weighted by Gasteiger charge is 2.09. The van der Waals surface area contributed by atoms with Crippen molar-refractivity contribution in [2.24, 2.45) is 5.10 Å². The minimum Gasteiger partial charge on any atom is -0.423 e. The highest BCUT2D eigenvalue weighted by atomic mass is 19.1. The first-order valence-corrected chi connectivity index (χ1v) is 7.94. The zero-order chi connectivity index (χ0) is 19.2. The normalized spacial score (nSPS) is 10.7. The second kappa shape index (κ2) is 8.05. The molecule has 0 fully saturated rings. The van der Waals surface area contributed by atoms with Crippen LogP contribution in [0.1, 0.15) is 32.1 Å². The molecular formula is C19H15FN4O3. The van der Waals surface area contributed by atoms with Crippen molar-refractivity contribution >= 4 is 18.1 Å². The van der Waals surface area contributed by atoms with E-state index >= 15 is 0 Å². The summed E-state index contributed by atoms with van der Waals surface area (Å²) in [5, 5.41) is 10.3. The summed E-state index contributed by atoms with van der Waals surface area (Å²) in [7, 11) is 0. The summed E-state index contributed by atoms with van der Waals surface area (Å²) in [4.78, 5) is 23.8. The number of aromatic amines is 1. The molecule has 0 saturated carbocycles. The molecule has 7 nitrogen and oxygen atoms in total. The van der Waals surface area contributed by atoms with Crippen molar-refractivity contribution in [3.63, 3.8) is 0 Å². The second-order valence-electron chi connectivity index (χ2n) is 5.60. The third-order valence-corrected chi connectivity index (χ3v) is 3.47. The van der Waals surface area contributed by atoms with Gasteiger partial charge in [0, 0.05) is 5.69 Å². The second-order valence-corrected chi connectivity index (χ2v) is 5.60. The number of hydrogen-bond acceptors (Lipinski definition) is 5. The maximum atomic E-state index is 13.1. The molecule has 0 atom stereocenters. The molecule has 0 spiro atoms. The number of carbonyl (C=O) groups is 2. The number of aryl methyl sites for hydroxylation is 1. The van der Waals surface area contributed by atoms with E-state index in [0.29, 0.717) is 11.3 Å². The van der Waals surface area contributed by atoms with E-state index in [-0.39, 0.29) is 11.3 Å². The number of aromatic nitrogens is 2. The van der Waals surface area contributed by atoms with E-state index in [2.05, 4.69) is 20.7 Å². The van der Waals surface area contributed by atoms with E-state index < -0.39 is 17.7 Å². The van der Waals surface area contributed by atoms with Gasteiger partial charge in [-0.25, -0.2) is 14.6 Å². The van der Waals surface area contributed by atoms with Gasteiger partial charge in [-0.3, -0.25) is 9.89 Å². The van der Waals surface area contributed by atoms with Gasteiger partial charge in [0.1, 0.15) is 11.6 Å². The van der Waals surface area contributed by atoms with Gasteiger partial charge in [0.25, 0.3) is 5.91 Å². The minimum absolute atomic E-state index is 0.122. The summed E-state index contributed by atoms with van der Waals surface area (Å²) in [6, 6.07) is 13.3. The molecule has 0 aliphatic carbocycles. The molecule has 0 aliphatic heterocycles. The Labute approximate surface area is 153 Å². The van der Waals surface area contributed by atoms with Crippen LogP contribution in [0.4, 0.5) is 4.39 Å². The van der Waals surface area contributed by atoms with Crippen molar-refractivity contribution in [3.8, 4) is 5.75 Å². The molecule has 1 aromatic heterocycles. The quantitative estimate of drug-likeness (QED) is 0.314. The lowest BCUT2D eigenvalue weighted by atomic mass is 10.2. The molecule has 1 amide bonds. The number of hydrazone groups is 1. The maximum Gasteiger partial charge on any atom is 0.343 e. The van der Waals surface area contributed by atoms with Crippen molar-refractivity contribution < 1.29 is 18.7 Å². The van der Waals surface area contributed by atoms with Gasteiger partial charge in [-0.05, 0) is 61.0 Å². The van der Waals surface area contributed by atoms with Crippen LogP contribution in [0.5, 0.6) is 5.75 Å². The predicted molar refractivity (Wildman–Crippen MR) is 96.2 cm³/mol. The Bertz CT molecular complexity index is 996. The number of carbonyl (C=O) groups excluding carboxylic acids is 2. The molecule has 136 valence electrons. The smallest absolute Gasteiger partial charge is 0.343 e. The van der Waals surface area contributed by atoms with Crippen LogP contribution in [-0.4, -0.2) is 28.3 Å². The fourth-order valence-electron chi connectivity index (χ4n) is 2.16. The number of H-pyrrole nitrogens is 1. The van der Waals surface area contributed by atoms with E-state index in [1.165, 1.54) is 24.4 Å². The van der Waals surface area contributed by atoms with Crippen LogP contribution < -0.4 is 10.2 Å². The zero-order valence-electron chi connectivity index (χ0n) is 14.3. The van der Waals surface area contributed by atoms with E-state index in [4.69, 9.17) is 4.74 Å². The third-order valence-electron chi connectivity index (χ3n) is 3.47. The monoisotopic (exact) mass is 366 g/mol. The summed E-state index contributed by atoms with van der Waals surface area (Å²) in [5.41, 5.74) is 4.17. The lowest BCUT2D eigenvalue weighted by Gasteiger charge is -2.04. The molecule has 0 saturated heterocycles. The Morgan fingerprint density at radius 3 is 2.63 bits per heavy atom. The first-order valence-electron chi connectivity index (χ1n) is 7.94. The lowest BCUT2D eigenvalue weighted by molar-refractivity contribution is 0.0734. The van der Waals surface area contributed by atoms with Crippen LogP contribution in [0.25, 0.3) is 0 Å². The lowest BCUT2D eigenvalue weighted by Crippen LogP contribution is -2.18. The van der Waals surface area contributed by atoms with E-state index in [0.717, 1.165) is 11.8 Å². The number of nitrogens with zero attached hydrogens (tertiary/aromatic N) is 2.